The molecule has 1 unspecified atom stereocenters. The third kappa shape index (κ3) is 4.01. The van der Waals surface area contributed by atoms with E-state index < -0.39 is 0 Å². The van der Waals surface area contributed by atoms with Crippen LogP contribution in [-0.2, 0) is 12.8 Å². The Balaban J connectivity index is 2.07. The molecule has 100 valence electrons. The Hall–Kier alpha value is -1.45. The summed E-state index contributed by atoms with van der Waals surface area (Å²) in [4.78, 5) is 3.93. The van der Waals surface area contributed by atoms with Crippen molar-refractivity contribution in [1.82, 2.24) is 4.98 Å². The summed E-state index contributed by atoms with van der Waals surface area (Å²) in [6.45, 7) is 0.0369. The van der Waals surface area contributed by atoms with Gasteiger partial charge in [0.1, 0.15) is 5.82 Å². The summed E-state index contributed by atoms with van der Waals surface area (Å²) >= 11 is 6.05. The molecule has 1 aromatic carbocycles. The maximum absolute atomic E-state index is 13.1. The van der Waals surface area contributed by atoms with Crippen LogP contribution in [0.25, 0.3) is 0 Å². The van der Waals surface area contributed by atoms with Gasteiger partial charge in [-0.1, -0.05) is 23.7 Å². The lowest BCUT2D eigenvalue weighted by atomic mass is 9.93. The SMILES string of the molecule is OCC(Cc1cccc(F)c1)Cc1ccncc1Cl. The zero-order chi connectivity index (χ0) is 13.7. The zero-order valence-electron chi connectivity index (χ0n) is 10.4. The molecular formula is C15H15ClFNO. The van der Waals surface area contributed by atoms with E-state index in [0.717, 1.165) is 11.1 Å². The normalized spacial score (nSPS) is 12.4. The van der Waals surface area contributed by atoms with E-state index in [1.54, 1.807) is 18.5 Å². The molecule has 0 spiro atoms. The highest BCUT2D eigenvalue weighted by Gasteiger charge is 2.12. The van der Waals surface area contributed by atoms with E-state index >= 15 is 0 Å². The van der Waals surface area contributed by atoms with Gasteiger partial charge in [-0.3, -0.25) is 4.98 Å². The standard InChI is InChI=1S/C15H15ClFNO/c16-15-9-18-5-4-13(15)7-12(10-19)6-11-2-1-3-14(17)8-11/h1-5,8-9,12,19H,6-7,10H2. The molecule has 0 fully saturated rings. The predicted molar refractivity (Wildman–Crippen MR) is 73.6 cm³/mol. The number of hydrogen-bond donors (Lipinski definition) is 1. The summed E-state index contributed by atoms with van der Waals surface area (Å²) < 4.78 is 13.1. The molecule has 1 N–H and O–H groups in total. The number of pyridine rings is 1. The molecule has 19 heavy (non-hydrogen) atoms. The lowest BCUT2D eigenvalue weighted by Crippen LogP contribution is -2.13. The maximum Gasteiger partial charge on any atom is 0.123 e. The quantitative estimate of drug-likeness (QED) is 0.911. The van der Waals surface area contributed by atoms with E-state index in [4.69, 9.17) is 11.6 Å². The number of nitrogens with zero attached hydrogens (tertiary/aromatic N) is 1. The van der Waals surface area contributed by atoms with Crippen molar-refractivity contribution in [2.24, 2.45) is 5.92 Å². The van der Waals surface area contributed by atoms with Crippen LogP contribution in [0, 0.1) is 11.7 Å². The minimum atomic E-state index is -0.254. The van der Waals surface area contributed by atoms with E-state index in [2.05, 4.69) is 4.98 Å². The summed E-state index contributed by atoms with van der Waals surface area (Å²) in [5.74, 6) is -0.238. The third-order valence-corrected chi connectivity index (χ3v) is 3.38. The van der Waals surface area contributed by atoms with Gasteiger partial charge < -0.3 is 5.11 Å². The molecule has 1 heterocycles. The first kappa shape index (κ1) is 14.0. The number of hydrogen-bond acceptors (Lipinski definition) is 2. The summed E-state index contributed by atoms with van der Waals surface area (Å²) in [5.41, 5.74) is 1.83. The number of benzene rings is 1. The maximum atomic E-state index is 13.1. The van der Waals surface area contributed by atoms with Crippen molar-refractivity contribution in [2.45, 2.75) is 12.8 Å². The third-order valence-electron chi connectivity index (χ3n) is 3.04. The van der Waals surface area contributed by atoms with Crippen molar-refractivity contribution in [1.29, 1.82) is 0 Å². The molecule has 0 amide bonds. The highest BCUT2D eigenvalue weighted by molar-refractivity contribution is 6.31. The van der Waals surface area contributed by atoms with Gasteiger partial charge in [-0.05, 0) is 48.1 Å². The predicted octanol–water partition coefficient (Wildman–Crippen LogP) is 3.27. The Labute approximate surface area is 116 Å². The van der Waals surface area contributed by atoms with E-state index in [-0.39, 0.29) is 18.3 Å². The van der Waals surface area contributed by atoms with E-state index in [0.29, 0.717) is 17.9 Å². The summed E-state index contributed by atoms with van der Waals surface area (Å²) in [6, 6.07) is 8.29. The van der Waals surface area contributed by atoms with Gasteiger partial charge in [0.15, 0.2) is 0 Å². The van der Waals surface area contributed by atoms with Crippen LogP contribution in [0.2, 0.25) is 5.02 Å². The molecule has 0 aliphatic heterocycles. The van der Waals surface area contributed by atoms with Crippen LogP contribution < -0.4 is 0 Å². The summed E-state index contributed by atoms with van der Waals surface area (Å²) in [5, 5.41) is 10.1. The Morgan fingerprint density at radius 3 is 2.79 bits per heavy atom. The number of aromatic nitrogens is 1. The van der Waals surface area contributed by atoms with E-state index in [1.165, 1.54) is 12.1 Å². The van der Waals surface area contributed by atoms with Crippen molar-refractivity contribution in [3.8, 4) is 0 Å². The van der Waals surface area contributed by atoms with Gasteiger partial charge in [0.25, 0.3) is 0 Å². The van der Waals surface area contributed by atoms with Crippen LogP contribution in [0.1, 0.15) is 11.1 Å². The Morgan fingerprint density at radius 2 is 2.11 bits per heavy atom. The van der Waals surface area contributed by atoms with Crippen LogP contribution in [0.15, 0.2) is 42.7 Å². The van der Waals surface area contributed by atoms with Crippen LogP contribution in [0.3, 0.4) is 0 Å². The topological polar surface area (TPSA) is 33.1 Å². The fraction of sp³-hybridized carbons (Fsp3) is 0.267. The van der Waals surface area contributed by atoms with Gasteiger partial charge in [-0.25, -0.2) is 4.39 Å². The fourth-order valence-corrected chi connectivity index (χ4v) is 2.28. The second-order valence-electron chi connectivity index (χ2n) is 4.55. The van der Waals surface area contributed by atoms with Crippen molar-refractivity contribution in [3.05, 3.63) is 64.7 Å². The largest absolute Gasteiger partial charge is 0.396 e. The van der Waals surface area contributed by atoms with Gasteiger partial charge in [0.2, 0.25) is 0 Å². The first-order valence-corrected chi connectivity index (χ1v) is 6.50. The molecule has 0 bridgehead atoms. The second kappa shape index (κ2) is 6.64. The molecule has 1 aromatic heterocycles. The van der Waals surface area contributed by atoms with Gasteiger partial charge in [0.05, 0.1) is 5.02 Å². The number of rotatable bonds is 5. The molecule has 2 rings (SSSR count). The highest BCUT2D eigenvalue weighted by Crippen LogP contribution is 2.20. The molecule has 2 nitrogen and oxygen atoms in total. The van der Waals surface area contributed by atoms with Gasteiger partial charge >= 0.3 is 0 Å². The number of aliphatic hydroxyl groups excluding tert-OH is 1. The fourth-order valence-electron chi connectivity index (χ4n) is 2.08. The molecule has 4 heteroatoms. The second-order valence-corrected chi connectivity index (χ2v) is 4.96. The summed E-state index contributed by atoms with van der Waals surface area (Å²) in [7, 11) is 0. The van der Waals surface area contributed by atoms with E-state index in [9.17, 15) is 9.50 Å². The smallest absolute Gasteiger partial charge is 0.123 e. The first-order chi connectivity index (χ1) is 9.19. The highest BCUT2D eigenvalue weighted by atomic mass is 35.5. The van der Waals surface area contributed by atoms with Gasteiger partial charge in [-0.2, -0.15) is 0 Å². The van der Waals surface area contributed by atoms with Crippen LogP contribution >= 0.6 is 11.6 Å². The molecule has 0 saturated heterocycles. The van der Waals surface area contributed by atoms with Crippen LogP contribution in [0.4, 0.5) is 4.39 Å². The van der Waals surface area contributed by atoms with Crippen molar-refractivity contribution >= 4 is 11.6 Å². The average Bonchev–Trinajstić information content (AvgIpc) is 2.40. The average molecular weight is 280 g/mol. The number of halogens is 2. The van der Waals surface area contributed by atoms with E-state index in [1.807, 2.05) is 12.1 Å². The Kier molecular flexibility index (Phi) is 4.88. The minimum Gasteiger partial charge on any atom is -0.396 e. The molecule has 0 aliphatic carbocycles. The molecule has 0 radical (unpaired) electrons. The number of aliphatic hydroxyl groups is 1. The van der Waals surface area contributed by atoms with Gasteiger partial charge in [0, 0.05) is 19.0 Å². The molecule has 2 aromatic rings. The minimum absolute atomic E-state index is 0.0155. The lowest BCUT2D eigenvalue weighted by molar-refractivity contribution is 0.225. The van der Waals surface area contributed by atoms with Crippen molar-refractivity contribution in [2.75, 3.05) is 6.61 Å². The lowest BCUT2D eigenvalue weighted by Gasteiger charge is -2.15. The van der Waals surface area contributed by atoms with Crippen molar-refractivity contribution < 1.29 is 9.50 Å². The molecule has 0 saturated carbocycles. The Morgan fingerprint density at radius 1 is 1.26 bits per heavy atom. The van der Waals surface area contributed by atoms with Crippen LogP contribution in [0.5, 0.6) is 0 Å². The monoisotopic (exact) mass is 279 g/mol. The van der Waals surface area contributed by atoms with Crippen molar-refractivity contribution in [3.63, 3.8) is 0 Å². The molecule has 1 atom stereocenters. The summed E-state index contributed by atoms with van der Waals surface area (Å²) in [6.07, 6.45) is 4.53. The molecule has 0 aliphatic rings. The van der Waals surface area contributed by atoms with Crippen LogP contribution in [-0.4, -0.2) is 16.7 Å². The molecular weight excluding hydrogens is 265 g/mol. The zero-order valence-corrected chi connectivity index (χ0v) is 11.1. The Bertz CT molecular complexity index is 547. The van der Waals surface area contributed by atoms with Gasteiger partial charge in [-0.15, -0.1) is 0 Å². The first-order valence-electron chi connectivity index (χ1n) is 6.12.